The minimum atomic E-state index is -0.254. The highest BCUT2D eigenvalue weighted by Gasteiger charge is 2.29. The van der Waals surface area contributed by atoms with Crippen LogP contribution in [0.25, 0.3) is 0 Å². The molecule has 0 aliphatic carbocycles. The first-order chi connectivity index (χ1) is 6.10. The van der Waals surface area contributed by atoms with Crippen molar-refractivity contribution in [3.63, 3.8) is 0 Å². The SMILES string of the molecule is CCC(C)(C)NC(C)C(=O)C(C)(C)C. The molecular formula is C12H25NO. The number of carbonyl (C=O) groups excluding carboxylic acids is 1. The molecule has 0 radical (unpaired) electrons. The third-order valence-corrected chi connectivity index (χ3v) is 2.62. The summed E-state index contributed by atoms with van der Waals surface area (Å²) in [4.78, 5) is 11.9. The van der Waals surface area contributed by atoms with Crippen LogP contribution >= 0.6 is 0 Å². The van der Waals surface area contributed by atoms with E-state index in [1.54, 1.807) is 0 Å². The molecule has 2 nitrogen and oxygen atoms in total. The summed E-state index contributed by atoms with van der Waals surface area (Å²) in [5, 5.41) is 3.36. The van der Waals surface area contributed by atoms with Crippen LogP contribution in [0.1, 0.15) is 54.9 Å². The Balaban J connectivity index is 4.37. The Bertz CT molecular complexity index is 201. The van der Waals surface area contributed by atoms with Crippen LogP contribution in [0.5, 0.6) is 0 Å². The standard InChI is InChI=1S/C12H25NO/c1-8-12(6,7)13-9(2)10(14)11(3,4)5/h9,13H,8H2,1-7H3. The Kier molecular flexibility index (Phi) is 4.32. The lowest BCUT2D eigenvalue weighted by molar-refractivity contribution is -0.128. The van der Waals surface area contributed by atoms with E-state index in [4.69, 9.17) is 0 Å². The molecule has 0 fully saturated rings. The fourth-order valence-corrected chi connectivity index (χ4v) is 1.40. The molecule has 1 atom stereocenters. The van der Waals surface area contributed by atoms with Crippen LogP contribution in [0, 0.1) is 5.41 Å². The summed E-state index contributed by atoms with van der Waals surface area (Å²) in [7, 11) is 0. The van der Waals surface area contributed by atoms with Crippen LogP contribution in [0.2, 0.25) is 0 Å². The van der Waals surface area contributed by atoms with Gasteiger partial charge < -0.3 is 5.32 Å². The number of rotatable bonds is 4. The largest absolute Gasteiger partial charge is 0.303 e. The average Bonchev–Trinajstić information content (AvgIpc) is 2.00. The number of ketones is 1. The summed E-state index contributed by atoms with van der Waals surface area (Å²) in [5.41, 5.74) is -0.212. The van der Waals surface area contributed by atoms with Crippen LogP contribution in [-0.4, -0.2) is 17.4 Å². The van der Waals surface area contributed by atoms with E-state index in [-0.39, 0.29) is 22.8 Å². The quantitative estimate of drug-likeness (QED) is 0.754. The van der Waals surface area contributed by atoms with Crippen molar-refractivity contribution in [3.05, 3.63) is 0 Å². The Hall–Kier alpha value is -0.370. The molecule has 1 N–H and O–H groups in total. The first kappa shape index (κ1) is 13.6. The second-order valence-electron chi connectivity index (χ2n) is 5.72. The maximum atomic E-state index is 11.9. The van der Waals surface area contributed by atoms with Gasteiger partial charge in [0.05, 0.1) is 6.04 Å². The molecule has 2 heteroatoms. The zero-order valence-corrected chi connectivity index (χ0v) is 10.7. The lowest BCUT2D eigenvalue weighted by atomic mass is 9.86. The summed E-state index contributed by atoms with van der Waals surface area (Å²) in [6.45, 7) is 14.2. The van der Waals surface area contributed by atoms with E-state index in [0.29, 0.717) is 0 Å². The van der Waals surface area contributed by atoms with E-state index in [9.17, 15) is 4.79 Å². The molecule has 0 rings (SSSR count). The first-order valence-corrected chi connectivity index (χ1v) is 5.42. The van der Waals surface area contributed by atoms with Crippen LogP contribution in [-0.2, 0) is 4.79 Å². The van der Waals surface area contributed by atoms with Crippen LogP contribution in [0.3, 0.4) is 0 Å². The van der Waals surface area contributed by atoms with Gasteiger partial charge in [-0.05, 0) is 27.2 Å². The lowest BCUT2D eigenvalue weighted by Gasteiger charge is -2.31. The molecule has 0 aliphatic heterocycles. The number of hydrogen-bond donors (Lipinski definition) is 1. The molecule has 0 aliphatic rings. The fraction of sp³-hybridized carbons (Fsp3) is 0.917. The van der Waals surface area contributed by atoms with Crippen molar-refractivity contribution in [2.75, 3.05) is 0 Å². The normalized spacial score (nSPS) is 15.4. The Morgan fingerprint density at radius 1 is 1.21 bits per heavy atom. The maximum absolute atomic E-state index is 11.9. The molecule has 0 saturated carbocycles. The van der Waals surface area contributed by atoms with E-state index in [0.717, 1.165) is 6.42 Å². The summed E-state index contributed by atoms with van der Waals surface area (Å²) < 4.78 is 0. The summed E-state index contributed by atoms with van der Waals surface area (Å²) >= 11 is 0. The second kappa shape index (κ2) is 4.43. The second-order valence-corrected chi connectivity index (χ2v) is 5.72. The van der Waals surface area contributed by atoms with Gasteiger partial charge in [-0.1, -0.05) is 27.7 Å². The molecule has 14 heavy (non-hydrogen) atoms. The third-order valence-electron chi connectivity index (χ3n) is 2.62. The van der Waals surface area contributed by atoms with Crippen molar-refractivity contribution in [2.45, 2.75) is 66.5 Å². The minimum Gasteiger partial charge on any atom is -0.303 e. The van der Waals surface area contributed by atoms with E-state index in [1.807, 2.05) is 27.7 Å². The average molecular weight is 199 g/mol. The highest BCUT2D eigenvalue weighted by atomic mass is 16.1. The van der Waals surface area contributed by atoms with Gasteiger partial charge >= 0.3 is 0 Å². The van der Waals surface area contributed by atoms with E-state index >= 15 is 0 Å². The zero-order chi connectivity index (χ0) is 11.6. The van der Waals surface area contributed by atoms with Gasteiger partial charge in [-0.3, -0.25) is 4.79 Å². The van der Waals surface area contributed by atoms with Gasteiger partial charge in [0.15, 0.2) is 5.78 Å². The molecule has 84 valence electrons. The van der Waals surface area contributed by atoms with Gasteiger partial charge in [0.25, 0.3) is 0 Å². The fourth-order valence-electron chi connectivity index (χ4n) is 1.40. The Morgan fingerprint density at radius 3 is 1.93 bits per heavy atom. The molecule has 0 heterocycles. The summed E-state index contributed by atoms with van der Waals surface area (Å²) in [5.74, 6) is 0.277. The van der Waals surface area contributed by atoms with E-state index in [1.165, 1.54) is 0 Å². The van der Waals surface area contributed by atoms with Crippen molar-refractivity contribution in [1.29, 1.82) is 0 Å². The van der Waals surface area contributed by atoms with Gasteiger partial charge in [0, 0.05) is 11.0 Å². The molecule has 1 unspecified atom stereocenters. The molecular weight excluding hydrogens is 174 g/mol. The van der Waals surface area contributed by atoms with Crippen molar-refractivity contribution < 1.29 is 4.79 Å². The topological polar surface area (TPSA) is 29.1 Å². The minimum absolute atomic E-state index is 0.0420. The number of carbonyl (C=O) groups is 1. The van der Waals surface area contributed by atoms with Gasteiger partial charge in [-0.25, -0.2) is 0 Å². The van der Waals surface area contributed by atoms with Gasteiger partial charge in [0.2, 0.25) is 0 Å². The Morgan fingerprint density at radius 2 is 1.64 bits per heavy atom. The maximum Gasteiger partial charge on any atom is 0.154 e. The monoisotopic (exact) mass is 199 g/mol. The third kappa shape index (κ3) is 4.23. The number of Topliss-reactive ketones (excluding diaryl/α,β-unsaturated/α-hetero) is 1. The summed E-state index contributed by atoms with van der Waals surface area (Å²) in [6, 6.07) is -0.0649. The van der Waals surface area contributed by atoms with Crippen LogP contribution < -0.4 is 5.32 Å². The van der Waals surface area contributed by atoms with Gasteiger partial charge in [-0.2, -0.15) is 0 Å². The van der Waals surface area contributed by atoms with E-state index < -0.39 is 0 Å². The molecule has 0 aromatic carbocycles. The van der Waals surface area contributed by atoms with Crippen LogP contribution in [0.15, 0.2) is 0 Å². The number of nitrogens with one attached hydrogen (secondary N) is 1. The van der Waals surface area contributed by atoms with Gasteiger partial charge in [0.1, 0.15) is 0 Å². The van der Waals surface area contributed by atoms with Crippen molar-refractivity contribution in [3.8, 4) is 0 Å². The van der Waals surface area contributed by atoms with Crippen molar-refractivity contribution in [1.82, 2.24) is 5.32 Å². The zero-order valence-electron chi connectivity index (χ0n) is 10.7. The predicted octanol–water partition coefficient (Wildman–Crippen LogP) is 2.77. The highest BCUT2D eigenvalue weighted by molar-refractivity contribution is 5.88. The molecule has 0 saturated heterocycles. The smallest absolute Gasteiger partial charge is 0.154 e. The Labute approximate surface area is 88.5 Å². The van der Waals surface area contributed by atoms with Crippen LogP contribution in [0.4, 0.5) is 0 Å². The van der Waals surface area contributed by atoms with Crippen molar-refractivity contribution >= 4 is 5.78 Å². The first-order valence-electron chi connectivity index (χ1n) is 5.42. The van der Waals surface area contributed by atoms with Gasteiger partial charge in [-0.15, -0.1) is 0 Å². The lowest BCUT2D eigenvalue weighted by Crippen LogP contribution is -2.50. The van der Waals surface area contributed by atoms with E-state index in [2.05, 4.69) is 26.1 Å². The number of hydrogen-bond acceptors (Lipinski definition) is 2. The highest BCUT2D eigenvalue weighted by Crippen LogP contribution is 2.18. The summed E-state index contributed by atoms with van der Waals surface area (Å²) in [6.07, 6.45) is 1.02. The molecule has 0 aromatic rings. The predicted molar refractivity (Wildman–Crippen MR) is 61.4 cm³/mol. The molecule has 0 bridgehead atoms. The molecule has 0 aromatic heterocycles. The molecule has 0 spiro atoms. The van der Waals surface area contributed by atoms with Crippen molar-refractivity contribution in [2.24, 2.45) is 5.41 Å². The molecule has 0 amide bonds.